The monoisotopic (exact) mass is 270 g/mol. The molecule has 0 heterocycles. The highest BCUT2D eigenvalue weighted by atomic mass is 32.2. The fourth-order valence-corrected chi connectivity index (χ4v) is 3.02. The highest BCUT2D eigenvalue weighted by Crippen LogP contribution is 2.23. The Bertz CT molecular complexity index is 545. The first-order chi connectivity index (χ1) is 8.12. The second kappa shape index (κ2) is 4.97. The molecule has 18 heavy (non-hydrogen) atoms. The van der Waals surface area contributed by atoms with E-state index in [4.69, 9.17) is 0 Å². The zero-order chi connectivity index (χ0) is 14.1. The number of nitrogens with zero attached hydrogens (tertiary/aromatic N) is 1. The van der Waals surface area contributed by atoms with Crippen molar-refractivity contribution >= 4 is 21.7 Å². The minimum Gasteiger partial charge on any atom is -0.548 e. The van der Waals surface area contributed by atoms with Crippen molar-refractivity contribution in [3.05, 3.63) is 29.3 Å². The first-order valence-electron chi connectivity index (χ1n) is 5.41. The second-order valence-corrected chi connectivity index (χ2v) is 6.26. The summed E-state index contributed by atoms with van der Waals surface area (Å²) in [4.78, 5) is 10.9. The van der Waals surface area contributed by atoms with Crippen LogP contribution in [0.5, 0.6) is 0 Å². The van der Waals surface area contributed by atoms with Crippen LogP contribution in [-0.2, 0) is 14.8 Å². The largest absolute Gasteiger partial charge is 0.548 e. The minimum absolute atomic E-state index is 0.340. The predicted molar refractivity (Wildman–Crippen MR) is 67.7 cm³/mol. The van der Waals surface area contributed by atoms with Gasteiger partial charge in [0.15, 0.2) is 0 Å². The Hall–Kier alpha value is -1.56. The van der Waals surface area contributed by atoms with Crippen molar-refractivity contribution in [2.24, 2.45) is 0 Å². The number of hydrogen-bond acceptors (Lipinski definition) is 4. The number of carboxylic acid groups (broad SMARTS) is 1. The Morgan fingerprint density at radius 2 is 1.67 bits per heavy atom. The average molecular weight is 270 g/mol. The summed E-state index contributed by atoms with van der Waals surface area (Å²) < 4.78 is 24.3. The Kier molecular flexibility index (Phi) is 4.01. The van der Waals surface area contributed by atoms with Crippen LogP contribution in [0.2, 0.25) is 0 Å². The summed E-state index contributed by atoms with van der Waals surface area (Å²) in [7, 11) is -3.68. The molecule has 0 radical (unpaired) electrons. The van der Waals surface area contributed by atoms with Gasteiger partial charge in [-0.05, 0) is 44.0 Å². The number of carbonyl (C=O) groups excluding carboxylic acids is 1. The number of anilines is 1. The van der Waals surface area contributed by atoms with E-state index in [1.165, 1.54) is 6.92 Å². The van der Waals surface area contributed by atoms with Crippen LogP contribution in [0.3, 0.4) is 0 Å². The topological polar surface area (TPSA) is 77.5 Å². The zero-order valence-corrected chi connectivity index (χ0v) is 11.6. The van der Waals surface area contributed by atoms with E-state index in [1.54, 1.807) is 12.1 Å². The molecule has 0 unspecified atom stereocenters. The van der Waals surface area contributed by atoms with Gasteiger partial charge in [0.25, 0.3) is 0 Å². The summed E-state index contributed by atoms with van der Waals surface area (Å²) in [6.45, 7) is 4.93. The van der Waals surface area contributed by atoms with E-state index in [9.17, 15) is 18.3 Å². The maximum absolute atomic E-state index is 11.7. The van der Waals surface area contributed by atoms with Crippen LogP contribution in [0.4, 0.5) is 5.69 Å². The van der Waals surface area contributed by atoms with E-state index < -0.39 is 22.0 Å². The van der Waals surface area contributed by atoms with Crippen molar-refractivity contribution in [1.82, 2.24) is 0 Å². The number of aryl methyl sites for hydroxylation is 2. The highest BCUT2D eigenvalue weighted by Gasteiger charge is 2.24. The number of benzene rings is 1. The molecule has 5 nitrogen and oxygen atoms in total. The van der Waals surface area contributed by atoms with Gasteiger partial charge in [-0.1, -0.05) is 6.07 Å². The highest BCUT2D eigenvalue weighted by molar-refractivity contribution is 7.92. The minimum atomic E-state index is -3.68. The Morgan fingerprint density at radius 3 is 2.00 bits per heavy atom. The van der Waals surface area contributed by atoms with Crippen LogP contribution < -0.4 is 9.41 Å². The molecule has 0 aliphatic heterocycles. The molecule has 1 aromatic rings. The lowest BCUT2D eigenvalue weighted by molar-refractivity contribution is -0.306. The van der Waals surface area contributed by atoms with E-state index in [-0.39, 0.29) is 0 Å². The molecule has 0 saturated heterocycles. The average Bonchev–Trinajstić information content (AvgIpc) is 2.13. The van der Waals surface area contributed by atoms with Gasteiger partial charge >= 0.3 is 0 Å². The van der Waals surface area contributed by atoms with Gasteiger partial charge in [0.1, 0.15) is 0 Å². The zero-order valence-electron chi connectivity index (χ0n) is 10.8. The molecule has 1 rings (SSSR count). The van der Waals surface area contributed by atoms with Gasteiger partial charge in [-0.3, -0.25) is 4.31 Å². The number of rotatable bonds is 4. The molecule has 0 bridgehead atoms. The summed E-state index contributed by atoms with van der Waals surface area (Å²) in [6, 6.07) is 3.90. The van der Waals surface area contributed by atoms with Crippen LogP contribution in [0, 0.1) is 13.8 Å². The summed E-state index contributed by atoms with van der Waals surface area (Å²) in [6.07, 6.45) is 0.976. The number of aliphatic carboxylic acids is 1. The summed E-state index contributed by atoms with van der Waals surface area (Å²) in [5.41, 5.74) is 2.07. The smallest absolute Gasteiger partial charge is 0.232 e. The molecular weight excluding hydrogens is 254 g/mol. The Balaban J connectivity index is 3.40. The number of hydrogen-bond donors (Lipinski definition) is 0. The molecule has 6 heteroatoms. The fraction of sp³-hybridized carbons (Fsp3) is 0.417. The van der Waals surface area contributed by atoms with Gasteiger partial charge < -0.3 is 9.90 Å². The molecule has 0 N–H and O–H groups in total. The molecule has 0 amide bonds. The molecule has 0 saturated carbocycles. The normalized spacial score (nSPS) is 13.1. The Morgan fingerprint density at radius 1 is 1.22 bits per heavy atom. The SMILES string of the molecule is Cc1cc(C)cc(N([C@@H](C)C(=O)[O-])S(C)(=O)=O)c1. The van der Waals surface area contributed by atoms with Gasteiger partial charge in [-0.25, -0.2) is 8.42 Å². The molecule has 0 spiro atoms. The summed E-state index contributed by atoms with van der Waals surface area (Å²) >= 11 is 0. The maximum atomic E-state index is 11.7. The van der Waals surface area contributed by atoms with Crippen LogP contribution in [0.25, 0.3) is 0 Å². The number of carbonyl (C=O) groups is 1. The van der Waals surface area contributed by atoms with Crippen LogP contribution in [0.15, 0.2) is 18.2 Å². The summed E-state index contributed by atoms with van der Waals surface area (Å²) in [5, 5.41) is 10.9. The standard InChI is InChI=1S/C12H17NO4S/c1-8-5-9(2)7-11(6-8)13(18(4,16)17)10(3)12(14)15/h5-7,10H,1-4H3,(H,14,15)/p-1/t10-/m0/s1. The van der Waals surface area contributed by atoms with Gasteiger partial charge in [0.2, 0.25) is 10.0 Å². The first-order valence-corrected chi connectivity index (χ1v) is 7.26. The van der Waals surface area contributed by atoms with Gasteiger partial charge in [0, 0.05) is 0 Å². The lowest BCUT2D eigenvalue weighted by atomic mass is 10.1. The lowest BCUT2D eigenvalue weighted by Gasteiger charge is -2.30. The van der Waals surface area contributed by atoms with Crippen LogP contribution >= 0.6 is 0 Å². The van der Waals surface area contributed by atoms with Crippen molar-refractivity contribution in [2.45, 2.75) is 26.8 Å². The van der Waals surface area contributed by atoms with E-state index in [1.807, 2.05) is 19.9 Å². The molecule has 100 valence electrons. The van der Waals surface area contributed by atoms with E-state index >= 15 is 0 Å². The number of carboxylic acids is 1. The van der Waals surface area contributed by atoms with Gasteiger partial charge in [-0.2, -0.15) is 0 Å². The molecule has 0 aliphatic carbocycles. The van der Waals surface area contributed by atoms with Gasteiger partial charge in [0.05, 0.1) is 24.0 Å². The fourth-order valence-electron chi connectivity index (χ4n) is 1.88. The van der Waals surface area contributed by atoms with Gasteiger partial charge in [-0.15, -0.1) is 0 Å². The van der Waals surface area contributed by atoms with E-state index in [0.29, 0.717) is 5.69 Å². The third-order valence-electron chi connectivity index (χ3n) is 2.51. The molecular formula is C12H16NO4S-. The quantitative estimate of drug-likeness (QED) is 0.783. The molecule has 0 fully saturated rings. The lowest BCUT2D eigenvalue weighted by Crippen LogP contribution is -2.48. The van der Waals surface area contributed by atoms with E-state index in [2.05, 4.69) is 0 Å². The van der Waals surface area contributed by atoms with Crippen molar-refractivity contribution in [3.63, 3.8) is 0 Å². The number of sulfonamides is 1. The first kappa shape index (κ1) is 14.5. The molecule has 1 atom stereocenters. The second-order valence-electron chi connectivity index (χ2n) is 4.40. The van der Waals surface area contributed by atoms with Crippen molar-refractivity contribution in [1.29, 1.82) is 0 Å². The van der Waals surface area contributed by atoms with Crippen LogP contribution in [0.1, 0.15) is 18.1 Å². The third-order valence-corrected chi connectivity index (χ3v) is 3.75. The Labute approximate surface area is 107 Å². The van der Waals surface area contributed by atoms with Crippen LogP contribution in [-0.4, -0.2) is 26.7 Å². The van der Waals surface area contributed by atoms with Crippen molar-refractivity contribution in [2.75, 3.05) is 10.6 Å². The molecule has 1 aromatic carbocycles. The van der Waals surface area contributed by atoms with Crippen molar-refractivity contribution < 1.29 is 18.3 Å². The molecule has 0 aliphatic rings. The molecule has 0 aromatic heterocycles. The van der Waals surface area contributed by atoms with Crippen molar-refractivity contribution in [3.8, 4) is 0 Å². The van der Waals surface area contributed by atoms with E-state index in [0.717, 1.165) is 21.7 Å². The summed E-state index contributed by atoms with van der Waals surface area (Å²) in [5.74, 6) is -1.43. The third kappa shape index (κ3) is 3.22. The maximum Gasteiger partial charge on any atom is 0.232 e. The predicted octanol–water partition coefficient (Wildman–Crippen LogP) is 0.208.